The first-order valence-electron chi connectivity index (χ1n) is 9.89. The van der Waals surface area contributed by atoms with E-state index < -0.39 is 22.0 Å². The van der Waals surface area contributed by atoms with Gasteiger partial charge in [-0.05, 0) is 11.1 Å². The van der Waals surface area contributed by atoms with E-state index in [1.165, 1.54) is 11.9 Å². The second kappa shape index (κ2) is 11.4. The van der Waals surface area contributed by atoms with Gasteiger partial charge in [-0.25, -0.2) is 8.42 Å². The van der Waals surface area contributed by atoms with Gasteiger partial charge in [-0.2, -0.15) is 4.31 Å². The van der Waals surface area contributed by atoms with Gasteiger partial charge in [0.25, 0.3) is 0 Å². The van der Waals surface area contributed by atoms with E-state index in [0.29, 0.717) is 6.42 Å². The van der Waals surface area contributed by atoms with Crippen LogP contribution in [0.5, 0.6) is 0 Å². The Morgan fingerprint density at radius 1 is 1.03 bits per heavy atom. The summed E-state index contributed by atoms with van der Waals surface area (Å²) in [5.41, 5.74) is 1.73. The molecule has 8 heteroatoms. The minimum absolute atomic E-state index is 0.177. The fourth-order valence-electron chi connectivity index (χ4n) is 3.02. The molecule has 0 saturated heterocycles. The molecule has 1 N–H and O–H groups in total. The Balaban J connectivity index is 2.40. The summed E-state index contributed by atoms with van der Waals surface area (Å²) in [4.78, 5) is 27.7. The molecule has 31 heavy (non-hydrogen) atoms. The molecule has 7 nitrogen and oxygen atoms in total. The Kier molecular flexibility index (Phi) is 8.96. The molecule has 2 aromatic carbocycles. The largest absolute Gasteiger partial charge is 0.351 e. The van der Waals surface area contributed by atoms with Crippen LogP contribution in [0.3, 0.4) is 0 Å². The summed E-state index contributed by atoms with van der Waals surface area (Å²) in [5, 5.41) is 2.77. The number of benzene rings is 2. The molecule has 0 heterocycles. The molecule has 0 unspecified atom stereocenters. The zero-order chi connectivity index (χ0) is 22.9. The van der Waals surface area contributed by atoms with Gasteiger partial charge >= 0.3 is 0 Å². The molecule has 2 rings (SSSR count). The van der Waals surface area contributed by atoms with Crippen molar-refractivity contribution in [2.24, 2.45) is 0 Å². The van der Waals surface area contributed by atoms with Crippen LogP contribution >= 0.6 is 0 Å². The SMILES string of the molecule is C=CCNC(=O)[C@@H](Cc1ccccc1)N(Cc1ccccc1)C(=O)CN(C)S(C)(=O)=O. The standard InChI is InChI=1S/C23H29N3O4S/c1-4-15-24-23(28)21(16-19-11-7-5-8-12-19)26(17-20-13-9-6-10-14-20)22(27)18-25(2)31(3,29)30/h4-14,21H,1,15-18H2,2-3H3,(H,24,28)/t21-/m1/s1. The third-order valence-electron chi connectivity index (χ3n) is 4.81. The maximum Gasteiger partial charge on any atom is 0.243 e. The van der Waals surface area contributed by atoms with Crippen molar-refractivity contribution < 1.29 is 18.0 Å². The fourth-order valence-corrected chi connectivity index (χ4v) is 3.37. The van der Waals surface area contributed by atoms with E-state index in [9.17, 15) is 18.0 Å². The van der Waals surface area contributed by atoms with Crippen LogP contribution in [0, 0.1) is 0 Å². The van der Waals surface area contributed by atoms with E-state index in [1.54, 1.807) is 6.08 Å². The quantitative estimate of drug-likeness (QED) is 0.537. The Morgan fingerprint density at radius 3 is 2.10 bits per heavy atom. The van der Waals surface area contributed by atoms with Gasteiger partial charge in [-0.1, -0.05) is 66.7 Å². The highest BCUT2D eigenvalue weighted by molar-refractivity contribution is 7.88. The number of nitrogens with zero attached hydrogens (tertiary/aromatic N) is 2. The molecule has 0 aliphatic rings. The lowest BCUT2D eigenvalue weighted by atomic mass is 10.0. The molecule has 0 spiro atoms. The Morgan fingerprint density at radius 2 is 1.58 bits per heavy atom. The smallest absolute Gasteiger partial charge is 0.243 e. The topological polar surface area (TPSA) is 86.8 Å². The summed E-state index contributed by atoms with van der Waals surface area (Å²) in [6.45, 7) is 3.71. The number of likely N-dealkylation sites (N-methyl/N-ethyl adjacent to an activating group) is 1. The molecule has 2 aromatic rings. The van der Waals surface area contributed by atoms with Crippen molar-refractivity contribution in [3.63, 3.8) is 0 Å². The number of sulfonamides is 1. The maximum absolute atomic E-state index is 13.2. The second-order valence-corrected chi connectivity index (χ2v) is 9.36. The number of carbonyl (C=O) groups is 2. The van der Waals surface area contributed by atoms with Gasteiger partial charge in [-0.3, -0.25) is 9.59 Å². The van der Waals surface area contributed by atoms with Crippen LogP contribution in [0.2, 0.25) is 0 Å². The predicted molar refractivity (Wildman–Crippen MR) is 122 cm³/mol. The van der Waals surface area contributed by atoms with Crippen molar-refractivity contribution in [2.75, 3.05) is 26.4 Å². The lowest BCUT2D eigenvalue weighted by Gasteiger charge is -2.32. The van der Waals surface area contributed by atoms with Crippen molar-refractivity contribution >= 4 is 21.8 Å². The van der Waals surface area contributed by atoms with Crippen LogP contribution in [-0.2, 0) is 32.6 Å². The van der Waals surface area contributed by atoms with Gasteiger partial charge in [0.15, 0.2) is 0 Å². The molecule has 0 aliphatic carbocycles. The van der Waals surface area contributed by atoms with Crippen molar-refractivity contribution in [2.45, 2.75) is 19.0 Å². The maximum atomic E-state index is 13.2. The van der Waals surface area contributed by atoms with Crippen LogP contribution in [0.25, 0.3) is 0 Å². The van der Waals surface area contributed by atoms with Crippen LogP contribution < -0.4 is 5.32 Å². The highest BCUT2D eigenvalue weighted by Crippen LogP contribution is 2.15. The second-order valence-electron chi connectivity index (χ2n) is 7.27. The van der Waals surface area contributed by atoms with E-state index in [0.717, 1.165) is 21.7 Å². The van der Waals surface area contributed by atoms with E-state index in [-0.39, 0.29) is 25.5 Å². The van der Waals surface area contributed by atoms with Crippen LogP contribution in [-0.4, -0.2) is 61.9 Å². The minimum atomic E-state index is -3.55. The van der Waals surface area contributed by atoms with Gasteiger partial charge in [0, 0.05) is 26.6 Å². The lowest BCUT2D eigenvalue weighted by molar-refractivity contribution is -0.141. The summed E-state index contributed by atoms with van der Waals surface area (Å²) >= 11 is 0. The highest BCUT2D eigenvalue weighted by atomic mass is 32.2. The first kappa shape index (κ1) is 24.3. The average molecular weight is 444 g/mol. The summed E-state index contributed by atoms with van der Waals surface area (Å²) in [7, 11) is -2.21. The average Bonchev–Trinajstić information content (AvgIpc) is 2.75. The zero-order valence-electron chi connectivity index (χ0n) is 17.9. The third kappa shape index (κ3) is 7.66. The number of hydrogen-bond donors (Lipinski definition) is 1. The first-order valence-corrected chi connectivity index (χ1v) is 11.7. The summed E-state index contributed by atoms with van der Waals surface area (Å²) < 4.78 is 24.7. The molecule has 2 amide bonds. The first-order chi connectivity index (χ1) is 14.7. The number of nitrogens with one attached hydrogen (secondary N) is 1. The predicted octanol–water partition coefficient (Wildman–Crippen LogP) is 1.82. The van der Waals surface area contributed by atoms with Gasteiger partial charge in [-0.15, -0.1) is 6.58 Å². The molecule has 0 radical (unpaired) electrons. The fraction of sp³-hybridized carbons (Fsp3) is 0.304. The zero-order valence-corrected chi connectivity index (χ0v) is 18.7. The molecule has 1 atom stereocenters. The minimum Gasteiger partial charge on any atom is -0.351 e. The van der Waals surface area contributed by atoms with Crippen molar-refractivity contribution in [3.8, 4) is 0 Å². The molecule has 0 aliphatic heterocycles. The van der Waals surface area contributed by atoms with E-state index in [1.807, 2.05) is 60.7 Å². The van der Waals surface area contributed by atoms with Crippen LogP contribution in [0.4, 0.5) is 0 Å². The number of hydrogen-bond acceptors (Lipinski definition) is 4. The van der Waals surface area contributed by atoms with Gasteiger partial charge in [0.05, 0.1) is 12.8 Å². The molecule has 0 aromatic heterocycles. The third-order valence-corrected chi connectivity index (χ3v) is 6.07. The normalized spacial score (nSPS) is 12.2. The summed E-state index contributed by atoms with van der Waals surface area (Å²) in [6.07, 6.45) is 2.91. The van der Waals surface area contributed by atoms with Gasteiger partial charge in [0.2, 0.25) is 21.8 Å². The number of carbonyl (C=O) groups excluding carboxylic acids is 2. The molecular weight excluding hydrogens is 414 g/mol. The summed E-state index contributed by atoms with van der Waals surface area (Å²) in [6, 6.07) is 17.9. The summed E-state index contributed by atoms with van der Waals surface area (Å²) in [5.74, 6) is -0.776. The lowest BCUT2D eigenvalue weighted by Crippen LogP contribution is -2.53. The molecule has 166 valence electrons. The van der Waals surface area contributed by atoms with E-state index in [2.05, 4.69) is 11.9 Å². The Labute approximate surface area is 184 Å². The molecule has 0 fully saturated rings. The number of rotatable bonds is 11. The molecule has 0 saturated carbocycles. The Bertz CT molecular complexity index is 978. The highest BCUT2D eigenvalue weighted by Gasteiger charge is 2.31. The van der Waals surface area contributed by atoms with Gasteiger partial charge < -0.3 is 10.2 Å². The van der Waals surface area contributed by atoms with Crippen molar-refractivity contribution in [1.82, 2.24) is 14.5 Å². The number of amides is 2. The monoisotopic (exact) mass is 443 g/mol. The molecular formula is C23H29N3O4S. The van der Waals surface area contributed by atoms with Crippen LogP contribution in [0.15, 0.2) is 73.3 Å². The van der Waals surface area contributed by atoms with Gasteiger partial charge in [0.1, 0.15) is 6.04 Å². The Hall–Kier alpha value is -2.97. The van der Waals surface area contributed by atoms with Crippen molar-refractivity contribution in [1.29, 1.82) is 0 Å². The van der Waals surface area contributed by atoms with E-state index >= 15 is 0 Å². The van der Waals surface area contributed by atoms with Crippen molar-refractivity contribution in [3.05, 3.63) is 84.4 Å². The molecule has 0 bridgehead atoms. The van der Waals surface area contributed by atoms with Crippen LogP contribution in [0.1, 0.15) is 11.1 Å². The van der Waals surface area contributed by atoms with E-state index in [4.69, 9.17) is 0 Å².